The van der Waals surface area contributed by atoms with Crippen LogP contribution in [0.3, 0.4) is 0 Å². The van der Waals surface area contributed by atoms with Gasteiger partial charge in [-0.05, 0) is 5.56 Å². The predicted molar refractivity (Wildman–Crippen MR) is 76.7 cm³/mol. The highest BCUT2D eigenvalue weighted by atomic mass is 15.2. The number of nitrogens with one attached hydrogen (secondary N) is 2. The third-order valence-electron chi connectivity index (χ3n) is 2.74. The summed E-state index contributed by atoms with van der Waals surface area (Å²) in [4.78, 5) is 4.19. The van der Waals surface area contributed by atoms with Gasteiger partial charge in [-0.1, -0.05) is 30.3 Å². The van der Waals surface area contributed by atoms with E-state index in [1.165, 1.54) is 5.56 Å². The second kappa shape index (κ2) is 6.58. The van der Waals surface area contributed by atoms with Gasteiger partial charge in [0.1, 0.15) is 0 Å². The first kappa shape index (κ1) is 13.1. The van der Waals surface area contributed by atoms with E-state index in [2.05, 4.69) is 32.9 Å². The second-order valence-corrected chi connectivity index (χ2v) is 4.29. The van der Waals surface area contributed by atoms with Gasteiger partial charge in [-0.25, -0.2) is 0 Å². The highest BCUT2D eigenvalue weighted by Gasteiger charge is 2.00. The molecule has 5 nitrogen and oxygen atoms in total. The van der Waals surface area contributed by atoms with Crippen molar-refractivity contribution >= 4 is 5.96 Å². The Bertz CT molecular complexity index is 530. The SMILES string of the molecule is CN=C(NCc1ccccc1)NCc1cnn(C)c1. The maximum atomic E-state index is 4.19. The van der Waals surface area contributed by atoms with Gasteiger partial charge < -0.3 is 10.6 Å². The van der Waals surface area contributed by atoms with Gasteiger partial charge in [0.15, 0.2) is 5.96 Å². The minimum absolute atomic E-state index is 0.711. The first-order valence-electron chi connectivity index (χ1n) is 6.24. The van der Waals surface area contributed by atoms with Crippen LogP contribution in [0.2, 0.25) is 0 Å². The Kier molecular flexibility index (Phi) is 4.55. The summed E-state index contributed by atoms with van der Waals surface area (Å²) in [6.45, 7) is 1.47. The van der Waals surface area contributed by atoms with Gasteiger partial charge in [0.2, 0.25) is 0 Å². The molecule has 0 unspecified atom stereocenters. The van der Waals surface area contributed by atoms with E-state index in [1.54, 1.807) is 11.7 Å². The zero-order valence-corrected chi connectivity index (χ0v) is 11.3. The third-order valence-corrected chi connectivity index (χ3v) is 2.74. The molecule has 0 bridgehead atoms. The van der Waals surface area contributed by atoms with E-state index >= 15 is 0 Å². The lowest BCUT2D eigenvalue weighted by atomic mass is 10.2. The van der Waals surface area contributed by atoms with Gasteiger partial charge in [0.05, 0.1) is 6.20 Å². The molecular weight excluding hydrogens is 238 g/mol. The van der Waals surface area contributed by atoms with E-state index in [0.29, 0.717) is 6.54 Å². The van der Waals surface area contributed by atoms with Crippen LogP contribution in [0.4, 0.5) is 0 Å². The van der Waals surface area contributed by atoms with E-state index in [4.69, 9.17) is 0 Å². The lowest BCUT2D eigenvalue weighted by molar-refractivity contribution is 0.765. The van der Waals surface area contributed by atoms with Crippen molar-refractivity contribution in [1.29, 1.82) is 0 Å². The first-order chi connectivity index (χ1) is 9.28. The number of aryl methyl sites for hydroxylation is 1. The number of hydrogen-bond acceptors (Lipinski definition) is 2. The highest BCUT2D eigenvalue weighted by Crippen LogP contribution is 1.98. The van der Waals surface area contributed by atoms with Crippen molar-refractivity contribution in [3.63, 3.8) is 0 Å². The molecule has 0 saturated heterocycles. The molecule has 100 valence electrons. The summed E-state index contributed by atoms with van der Waals surface area (Å²) in [6.07, 6.45) is 3.83. The Morgan fingerprint density at radius 3 is 2.42 bits per heavy atom. The summed E-state index contributed by atoms with van der Waals surface area (Å²) in [5, 5.41) is 10.7. The van der Waals surface area contributed by atoms with Crippen LogP contribution < -0.4 is 10.6 Å². The second-order valence-electron chi connectivity index (χ2n) is 4.29. The number of nitrogens with zero attached hydrogens (tertiary/aromatic N) is 3. The molecule has 0 fully saturated rings. The molecule has 0 radical (unpaired) electrons. The van der Waals surface area contributed by atoms with Crippen molar-refractivity contribution < 1.29 is 0 Å². The van der Waals surface area contributed by atoms with Gasteiger partial charge in [0.25, 0.3) is 0 Å². The van der Waals surface area contributed by atoms with Crippen LogP contribution >= 0.6 is 0 Å². The van der Waals surface area contributed by atoms with Crippen molar-refractivity contribution in [3.8, 4) is 0 Å². The largest absolute Gasteiger partial charge is 0.352 e. The molecule has 1 heterocycles. The van der Waals surface area contributed by atoms with E-state index in [9.17, 15) is 0 Å². The Hall–Kier alpha value is -2.30. The number of guanidine groups is 1. The van der Waals surface area contributed by atoms with Crippen molar-refractivity contribution in [1.82, 2.24) is 20.4 Å². The average Bonchev–Trinajstić information content (AvgIpc) is 2.86. The number of aliphatic imine (C=N–C) groups is 1. The van der Waals surface area contributed by atoms with Crippen molar-refractivity contribution in [2.75, 3.05) is 7.05 Å². The molecule has 0 atom stereocenters. The summed E-state index contributed by atoms with van der Waals surface area (Å²) in [6, 6.07) is 10.2. The van der Waals surface area contributed by atoms with Gasteiger partial charge in [-0.2, -0.15) is 5.10 Å². The number of benzene rings is 1. The molecule has 1 aromatic carbocycles. The lowest BCUT2D eigenvalue weighted by Crippen LogP contribution is -2.36. The maximum Gasteiger partial charge on any atom is 0.191 e. The maximum absolute atomic E-state index is 4.19. The molecule has 0 aliphatic carbocycles. The minimum atomic E-state index is 0.711. The smallest absolute Gasteiger partial charge is 0.191 e. The van der Waals surface area contributed by atoms with E-state index in [1.807, 2.05) is 37.6 Å². The van der Waals surface area contributed by atoms with Crippen LogP contribution in [-0.4, -0.2) is 22.8 Å². The van der Waals surface area contributed by atoms with Crippen LogP contribution in [-0.2, 0) is 20.1 Å². The molecular formula is C14H19N5. The number of aromatic nitrogens is 2. The van der Waals surface area contributed by atoms with Crippen LogP contribution in [0, 0.1) is 0 Å². The third kappa shape index (κ3) is 4.13. The number of rotatable bonds is 4. The van der Waals surface area contributed by atoms with Crippen LogP contribution in [0.1, 0.15) is 11.1 Å². The molecule has 0 spiro atoms. The van der Waals surface area contributed by atoms with Crippen LogP contribution in [0.15, 0.2) is 47.7 Å². The average molecular weight is 257 g/mol. The molecule has 2 aromatic rings. The molecule has 0 aliphatic rings. The standard InChI is InChI=1S/C14H19N5/c1-15-14(16-8-12-6-4-3-5-7-12)17-9-13-10-18-19(2)11-13/h3-7,10-11H,8-9H2,1-2H3,(H2,15,16,17). The molecule has 19 heavy (non-hydrogen) atoms. The molecule has 2 N–H and O–H groups in total. The fourth-order valence-electron chi connectivity index (χ4n) is 1.75. The topological polar surface area (TPSA) is 54.2 Å². The fraction of sp³-hybridized carbons (Fsp3) is 0.286. The normalized spacial score (nSPS) is 11.4. The predicted octanol–water partition coefficient (Wildman–Crippen LogP) is 1.29. The summed E-state index contributed by atoms with van der Waals surface area (Å²) in [5.74, 6) is 0.785. The van der Waals surface area contributed by atoms with Crippen molar-refractivity contribution in [3.05, 3.63) is 53.9 Å². The summed E-state index contributed by atoms with van der Waals surface area (Å²) in [5.41, 5.74) is 2.36. The Morgan fingerprint density at radius 1 is 1.16 bits per heavy atom. The molecule has 0 saturated carbocycles. The van der Waals surface area contributed by atoms with E-state index in [-0.39, 0.29) is 0 Å². The van der Waals surface area contributed by atoms with Gasteiger partial charge in [-0.15, -0.1) is 0 Å². The van der Waals surface area contributed by atoms with Crippen molar-refractivity contribution in [2.24, 2.45) is 12.0 Å². The first-order valence-corrected chi connectivity index (χ1v) is 6.24. The molecule has 2 rings (SSSR count). The summed E-state index contributed by atoms with van der Waals surface area (Å²) < 4.78 is 1.79. The quantitative estimate of drug-likeness (QED) is 0.641. The fourth-order valence-corrected chi connectivity index (χ4v) is 1.75. The minimum Gasteiger partial charge on any atom is -0.352 e. The zero-order valence-electron chi connectivity index (χ0n) is 11.3. The van der Waals surface area contributed by atoms with Crippen molar-refractivity contribution in [2.45, 2.75) is 13.1 Å². The molecule has 0 aliphatic heterocycles. The number of hydrogen-bond donors (Lipinski definition) is 2. The molecule has 1 aromatic heterocycles. The Balaban J connectivity index is 1.81. The van der Waals surface area contributed by atoms with Gasteiger partial charge in [-0.3, -0.25) is 9.67 Å². The van der Waals surface area contributed by atoms with Crippen LogP contribution in [0.5, 0.6) is 0 Å². The molecule has 0 amide bonds. The summed E-state index contributed by atoms with van der Waals surface area (Å²) >= 11 is 0. The van der Waals surface area contributed by atoms with Gasteiger partial charge >= 0.3 is 0 Å². The van der Waals surface area contributed by atoms with E-state index in [0.717, 1.165) is 18.1 Å². The van der Waals surface area contributed by atoms with Crippen LogP contribution in [0.25, 0.3) is 0 Å². The Labute approximate surface area is 113 Å². The summed E-state index contributed by atoms with van der Waals surface area (Å²) in [7, 11) is 3.68. The monoisotopic (exact) mass is 257 g/mol. The molecule has 5 heteroatoms. The lowest BCUT2D eigenvalue weighted by Gasteiger charge is -2.11. The zero-order chi connectivity index (χ0) is 13.5. The van der Waals surface area contributed by atoms with E-state index < -0.39 is 0 Å². The Morgan fingerprint density at radius 2 is 1.84 bits per heavy atom. The van der Waals surface area contributed by atoms with Gasteiger partial charge in [0, 0.05) is 38.9 Å². The highest BCUT2D eigenvalue weighted by molar-refractivity contribution is 5.79.